The molecule has 1 heterocycles. The van der Waals surface area contributed by atoms with Crippen molar-refractivity contribution in [3.8, 4) is 0 Å². The van der Waals surface area contributed by atoms with E-state index in [0.717, 1.165) is 32.0 Å². The number of aldehydes is 1. The van der Waals surface area contributed by atoms with Crippen molar-refractivity contribution in [2.24, 2.45) is 5.73 Å². The Balaban J connectivity index is 0.00000139. The van der Waals surface area contributed by atoms with Gasteiger partial charge in [0.05, 0.1) is 5.56 Å². The third-order valence-electron chi connectivity index (χ3n) is 4.18. The molecule has 0 radical (unpaired) electrons. The number of nitrogens with two attached hydrogens (primary N) is 1. The van der Waals surface area contributed by atoms with Crippen LogP contribution in [0, 0.1) is 0 Å². The second-order valence-corrected chi connectivity index (χ2v) is 6.03. The highest BCUT2D eigenvalue weighted by atomic mass is 19.4. The predicted molar refractivity (Wildman–Crippen MR) is 88.9 cm³/mol. The topological polar surface area (TPSA) is 49.6 Å². The SMILES string of the molecule is CN.CN(C)C1CCCN(Cc2ccc(C=O)cc2C(F)(F)F)C1. The Hall–Kier alpha value is -1.44. The molecular weight excluding hydrogens is 319 g/mol. The summed E-state index contributed by atoms with van der Waals surface area (Å²) in [7, 11) is 5.49. The fraction of sp³-hybridized carbons (Fsp3) is 0.588. The summed E-state index contributed by atoms with van der Waals surface area (Å²) in [4.78, 5) is 14.9. The molecule has 24 heavy (non-hydrogen) atoms. The van der Waals surface area contributed by atoms with Gasteiger partial charge in [0.15, 0.2) is 0 Å². The van der Waals surface area contributed by atoms with Gasteiger partial charge in [-0.1, -0.05) is 12.1 Å². The molecule has 136 valence electrons. The zero-order valence-electron chi connectivity index (χ0n) is 14.4. The van der Waals surface area contributed by atoms with Crippen molar-refractivity contribution in [3.63, 3.8) is 0 Å². The van der Waals surface area contributed by atoms with Crippen molar-refractivity contribution in [2.45, 2.75) is 31.6 Å². The van der Waals surface area contributed by atoms with Crippen LogP contribution in [0.3, 0.4) is 0 Å². The molecule has 0 saturated carbocycles. The third-order valence-corrected chi connectivity index (χ3v) is 4.18. The third kappa shape index (κ3) is 5.58. The first kappa shape index (κ1) is 20.6. The second-order valence-electron chi connectivity index (χ2n) is 6.03. The first-order valence-electron chi connectivity index (χ1n) is 7.93. The van der Waals surface area contributed by atoms with E-state index in [2.05, 4.69) is 15.5 Å². The lowest BCUT2D eigenvalue weighted by atomic mass is 10.0. The Bertz CT molecular complexity index is 532. The van der Waals surface area contributed by atoms with Crippen molar-refractivity contribution in [1.29, 1.82) is 0 Å². The molecule has 1 fully saturated rings. The molecule has 1 saturated heterocycles. The van der Waals surface area contributed by atoms with E-state index < -0.39 is 11.7 Å². The second kappa shape index (κ2) is 9.15. The average Bonchev–Trinajstić information content (AvgIpc) is 2.56. The van der Waals surface area contributed by atoms with Gasteiger partial charge in [-0.25, -0.2) is 0 Å². The lowest BCUT2D eigenvalue weighted by Gasteiger charge is -2.36. The van der Waals surface area contributed by atoms with Crippen LogP contribution in [0.25, 0.3) is 0 Å². The molecule has 7 heteroatoms. The maximum Gasteiger partial charge on any atom is 0.416 e. The Labute approximate surface area is 141 Å². The minimum Gasteiger partial charge on any atom is -0.333 e. The van der Waals surface area contributed by atoms with Gasteiger partial charge >= 0.3 is 6.18 Å². The summed E-state index contributed by atoms with van der Waals surface area (Å²) in [5, 5.41) is 0. The van der Waals surface area contributed by atoms with Gasteiger partial charge < -0.3 is 10.6 Å². The molecule has 1 aliphatic rings. The monoisotopic (exact) mass is 345 g/mol. The number of piperidine rings is 1. The van der Waals surface area contributed by atoms with Gasteiger partial charge in [0.25, 0.3) is 0 Å². The fourth-order valence-corrected chi connectivity index (χ4v) is 2.91. The normalized spacial score (nSPS) is 18.9. The number of nitrogens with zero attached hydrogens (tertiary/aromatic N) is 2. The number of carbonyl (C=O) groups excluding carboxylic acids is 1. The van der Waals surface area contributed by atoms with Crippen molar-refractivity contribution in [2.75, 3.05) is 34.2 Å². The average molecular weight is 345 g/mol. The zero-order chi connectivity index (χ0) is 18.3. The van der Waals surface area contributed by atoms with Gasteiger partial charge in [-0.3, -0.25) is 9.69 Å². The van der Waals surface area contributed by atoms with Crippen LogP contribution < -0.4 is 5.73 Å². The molecule has 0 amide bonds. The van der Waals surface area contributed by atoms with Gasteiger partial charge in [-0.15, -0.1) is 0 Å². The number of hydrogen-bond acceptors (Lipinski definition) is 4. The summed E-state index contributed by atoms with van der Waals surface area (Å²) in [5.74, 6) is 0. The van der Waals surface area contributed by atoms with Gasteiger partial charge in [-0.2, -0.15) is 13.2 Å². The number of benzene rings is 1. The van der Waals surface area contributed by atoms with E-state index in [1.807, 2.05) is 14.1 Å². The molecule has 4 nitrogen and oxygen atoms in total. The van der Waals surface area contributed by atoms with E-state index in [1.54, 1.807) is 0 Å². The van der Waals surface area contributed by atoms with E-state index in [4.69, 9.17) is 0 Å². The van der Waals surface area contributed by atoms with Crippen LogP contribution in [0.15, 0.2) is 18.2 Å². The molecule has 1 aliphatic heterocycles. The van der Waals surface area contributed by atoms with Gasteiger partial charge in [0.1, 0.15) is 6.29 Å². The summed E-state index contributed by atoms with van der Waals surface area (Å²) in [6.07, 6.45) is -1.94. The first-order chi connectivity index (χ1) is 11.3. The Morgan fingerprint density at radius 3 is 2.54 bits per heavy atom. The van der Waals surface area contributed by atoms with Gasteiger partial charge in [0, 0.05) is 24.7 Å². The molecule has 2 N–H and O–H groups in total. The van der Waals surface area contributed by atoms with E-state index in [0.29, 0.717) is 12.3 Å². The van der Waals surface area contributed by atoms with Crippen molar-refractivity contribution < 1.29 is 18.0 Å². The lowest BCUT2D eigenvalue weighted by Crippen LogP contribution is -2.44. The molecule has 1 aromatic rings. The van der Waals surface area contributed by atoms with Crippen LogP contribution >= 0.6 is 0 Å². The number of halogens is 3. The van der Waals surface area contributed by atoms with E-state index in [-0.39, 0.29) is 17.7 Å². The number of alkyl halides is 3. The Kier molecular flexibility index (Phi) is 7.86. The number of likely N-dealkylation sites (N-methyl/N-ethyl adjacent to an activating group) is 1. The highest BCUT2D eigenvalue weighted by Crippen LogP contribution is 2.33. The maximum atomic E-state index is 13.2. The van der Waals surface area contributed by atoms with Crippen LogP contribution in [0.4, 0.5) is 13.2 Å². The van der Waals surface area contributed by atoms with E-state index >= 15 is 0 Å². The van der Waals surface area contributed by atoms with Crippen LogP contribution in [0.1, 0.15) is 34.3 Å². The summed E-state index contributed by atoms with van der Waals surface area (Å²) in [5.41, 5.74) is 4.09. The van der Waals surface area contributed by atoms with Crippen molar-refractivity contribution in [3.05, 3.63) is 34.9 Å². The zero-order valence-corrected chi connectivity index (χ0v) is 14.4. The first-order valence-corrected chi connectivity index (χ1v) is 7.93. The molecule has 1 aromatic carbocycles. The van der Waals surface area contributed by atoms with E-state index in [9.17, 15) is 18.0 Å². The molecule has 0 bridgehead atoms. The summed E-state index contributed by atoms with van der Waals surface area (Å²) in [6, 6.07) is 4.18. The van der Waals surface area contributed by atoms with Crippen LogP contribution in [-0.4, -0.2) is 56.4 Å². The largest absolute Gasteiger partial charge is 0.416 e. The van der Waals surface area contributed by atoms with Crippen LogP contribution in [-0.2, 0) is 12.7 Å². The number of rotatable bonds is 4. The van der Waals surface area contributed by atoms with Crippen LogP contribution in [0.2, 0.25) is 0 Å². The maximum absolute atomic E-state index is 13.2. The van der Waals surface area contributed by atoms with Crippen molar-refractivity contribution in [1.82, 2.24) is 9.80 Å². The Morgan fingerprint density at radius 2 is 2.00 bits per heavy atom. The minimum absolute atomic E-state index is 0.0564. The summed E-state index contributed by atoms with van der Waals surface area (Å²) in [6.45, 7) is 1.83. The Morgan fingerprint density at radius 1 is 1.33 bits per heavy atom. The predicted octanol–water partition coefficient (Wildman–Crippen LogP) is 2.62. The van der Waals surface area contributed by atoms with Crippen LogP contribution in [0.5, 0.6) is 0 Å². The number of hydrogen-bond donors (Lipinski definition) is 1. The van der Waals surface area contributed by atoms with E-state index in [1.165, 1.54) is 19.2 Å². The lowest BCUT2D eigenvalue weighted by molar-refractivity contribution is -0.138. The fourth-order valence-electron chi connectivity index (χ4n) is 2.91. The minimum atomic E-state index is -4.44. The molecule has 2 rings (SSSR count). The molecule has 1 atom stereocenters. The number of carbonyl (C=O) groups is 1. The molecule has 1 unspecified atom stereocenters. The van der Waals surface area contributed by atoms with Gasteiger partial charge in [-0.05, 0) is 52.2 Å². The van der Waals surface area contributed by atoms with Gasteiger partial charge in [0.2, 0.25) is 0 Å². The van der Waals surface area contributed by atoms with Crippen molar-refractivity contribution >= 4 is 6.29 Å². The summed E-state index contributed by atoms with van der Waals surface area (Å²) < 4.78 is 39.5. The molecule has 0 aromatic heterocycles. The molecule has 0 spiro atoms. The highest BCUT2D eigenvalue weighted by Gasteiger charge is 2.34. The highest BCUT2D eigenvalue weighted by molar-refractivity contribution is 5.75. The number of likely N-dealkylation sites (tertiary alicyclic amines) is 1. The standard InChI is InChI=1S/C16H21F3N2O.CH5N/c1-20(2)14-4-3-7-21(10-14)9-13-6-5-12(11-22)8-15(13)16(17,18)19;1-2/h5-6,8,11,14H,3-4,7,9-10H2,1-2H3;2H2,1H3. The quantitative estimate of drug-likeness (QED) is 0.853. The molecular formula is C17H26F3N3O. The smallest absolute Gasteiger partial charge is 0.333 e. The molecule has 0 aliphatic carbocycles. The summed E-state index contributed by atoms with van der Waals surface area (Å²) >= 11 is 0.